The Morgan fingerprint density at radius 3 is 2.72 bits per heavy atom. The van der Waals surface area contributed by atoms with Crippen LogP contribution in [0.3, 0.4) is 0 Å². The molecule has 7 heteroatoms. The quantitative estimate of drug-likeness (QED) is 0.791. The van der Waals surface area contributed by atoms with Gasteiger partial charge in [-0.2, -0.15) is 4.31 Å². The summed E-state index contributed by atoms with van der Waals surface area (Å²) in [6.45, 7) is 2.95. The largest absolute Gasteiger partial charge is 0.472 e. The van der Waals surface area contributed by atoms with Gasteiger partial charge in [0, 0.05) is 18.9 Å². The lowest BCUT2D eigenvalue weighted by Crippen LogP contribution is -2.44. The number of nitrogens with zero attached hydrogens (tertiary/aromatic N) is 3. The van der Waals surface area contributed by atoms with Crippen molar-refractivity contribution < 1.29 is 13.2 Å². The predicted molar refractivity (Wildman–Crippen MR) is 94.9 cm³/mol. The summed E-state index contributed by atoms with van der Waals surface area (Å²) in [4.78, 5) is 8.40. The van der Waals surface area contributed by atoms with Crippen LogP contribution in [0, 0.1) is 0 Å². The third kappa shape index (κ3) is 4.35. The Morgan fingerprint density at radius 1 is 1.24 bits per heavy atom. The molecule has 134 valence electrons. The maximum atomic E-state index is 12.9. The zero-order chi connectivity index (χ0) is 17.7. The Bertz CT molecular complexity index is 779. The van der Waals surface area contributed by atoms with Gasteiger partial charge in [-0.25, -0.2) is 13.4 Å². The molecule has 1 atom stereocenters. The number of piperidine rings is 1. The van der Waals surface area contributed by atoms with E-state index in [-0.39, 0.29) is 6.10 Å². The van der Waals surface area contributed by atoms with Crippen LogP contribution in [-0.4, -0.2) is 41.9 Å². The summed E-state index contributed by atoms with van der Waals surface area (Å²) in [5, 5.41) is 0. The lowest BCUT2D eigenvalue weighted by atomic mass is 10.1. The predicted octanol–water partition coefficient (Wildman–Crippen LogP) is 2.66. The normalized spacial score (nSPS) is 18.8. The van der Waals surface area contributed by atoms with E-state index in [0.717, 1.165) is 31.2 Å². The van der Waals surface area contributed by atoms with Gasteiger partial charge < -0.3 is 4.74 Å². The summed E-state index contributed by atoms with van der Waals surface area (Å²) >= 11 is 0. The summed E-state index contributed by atoms with van der Waals surface area (Å²) in [5.74, 6) is 0.427. The molecule has 1 fully saturated rings. The molecule has 0 saturated carbocycles. The van der Waals surface area contributed by atoms with Crippen LogP contribution in [0.25, 0.3) is 0 Å². The fraction of sp³-hybridized carbons (Fsp3) is 0.444. The Morgan fingerprint density at radius 2 is 2.04 bits per heavy atom. The minimum Gasteiger partial charge on any atom is -0.472 e. The van der Waals surface area contributed by atoms with Gasteiger partial charge >= 0.3 is 0 Å². The van der Waals surface area contributed by atoms with E-state index in [9.17, 15) is 8.42 Å². The molecule has 0 amide bonds. The molecule has 1 aromatic carbocycles. The van der Waals surface area contributed by atoms with Gasteiger partial charge in [0.05, 0.1) is 17.6 Å². The van der Waals surface area contributed by atoms with Crippen molar-refractivity contribution in [3.05, 3.63) is 48.4 Å². The number of rotatable bonds is 6. The lowest BCUT2D eigenvalue weighted by molar-refractivity contribution is 0.124. The molecule has 0 bridgehead atoms. The van der Waals surface area contributed by atoms with Gasteiger partial charge in [0.1, 0.15) is 6.10 Å². The minimum absolute atomic E-state index is 0.209. The van der Waals surface area contributed by atoms with Gasteiger partial charge in [0.25, 0.3) is 0 Å². The second kappa shape index (κ2) is 7.93. The molecule has 1 unspecified atom stereocenters. The average molecular weight is 361 g/mol. The first-order valence-electron chi connectivity index (χ1n) is 8.61. The number of benzene rings is 1. The maximum absolute atomic E-state index is 12.9. The van der Waals surface area contributed by atoms with Gasteiger partial charge in [0.2, 0.25) is 15.9 Å². The van der Waals surface area contributed by atoms with Crippen LogP contribution in [0.4, 0.5) is 0 Å². The van der Waals surface area contributed by atoms with Gasteiger partial charge in [-0.15, -0.1) is 0 Å². The standard InChI is InChI=1S/C18H23N3O3S/c1-2-4-15-6-8-17(9-7-15)25(22,23)21-12-3-5-16(14-21)24-18-13-19-10-11-20-18/h6-11,13,16H,2-5,12,14H2,1H3. The second-order valence-corrected chi connectivity index (χ2v) is 8.12. The highest BCUT2D eigenvalue weighted by molar-refractivity contribution is 7.89. The van der Waals surface area contributed by atoms with Crippen LogP contribution in [0.15, 0.2) is 47.8 Å². The van der Waals surface area contributed by atoms with Crippen molar-refractivity contribution in [1.29, 1.82) is 0 Å². The van der Waals surface area contributed by atoms with Crippen LogP contribution < -0.4 is 4.74 Å². The molecule has 0 radical (unpaired) electrons. The molecule has 25 heavy (non-hydrogen) atoms. The summed E-state index contributed by atoms with van der Waals surface area (Å²) in [7, 11) is -3.50. The molecule has 6 nitrogen and oxygen atoms in total. The van der Waals surface area contributed by atoms with Crippen LogP contribution in [0.5, 0.6) is 5.88 Å². The highest BCUT2D eigenvalue weighted by Gasteiger charge is 2.31. The van der Waals surface area contributed by atoms with Crippen molar-refractivity contribution in [2.45, 2.75) is 43.6 Å². The molecule has 0 spiro atoms. The number of hydrogen-bond acceptors (Lipinski definition) is 5. The molecule has 3 rings (SSSR count). The highest BCUT2D eigenvalue weighted by Crippen LogP contribution is 2.23. The smallest absolute Gasteiger partial charge is 0.243 e. The van der Waals surface area contributed by atoms with Crippen molar-refractivity contribution in [1.82, 2.24) is 14.3 Å². The first-order valence-corrected chi connectivity index (χ1v) is 10.1. The van der Waals surface area contributed by atoms with Gasteiger partial charge in [0.15, 0.2) is 0 Å². The van der Waals surface area contributed by atoms with E-state index in [4.69, 9.17) is 4.74 Å². The minimum atomic E-state index is -3.50. The number of ether oxygens (including phenoxy) is 1. The van der Waals surface area contributed by atoms with Crippen molar-refractivity contribution in [2.24, 2.45) is 0 Å². The first-order chi connectivity index (χ1) is 12.1. The topological polar surface area (TPSA) is 72.4 Å². The van der Waals surface area contributed by atoms with Crippen LogP contribution in [0.1, 0.15) is 31.7 Å². The third-order valence-electron chi connectivity index (χ3n) is 4.27. The monoisotopic (exact) mass is 361 g/mol. The van der Waals surface area contributed by atoms with E-state index in [1.54, 1.807) is 30.7 Å². The molecule has 1 aliphatic rings. The fourth-order valence-electron chi connectivity index (χ4n) is 3.00. The van der Waals surface area contributed by atoms with Crippen LogP contribution >= 0.6 is 0 Å². The zero-order valence-electron chi connectivity index (χ0n) is 14.3. The molecule has 1 saturated heterocycles. The molecule has 1 aliphatic heterocycles. The number of aromatic nitrogens is 2. The molecule has 2 aromatic rings. The molecular formula is C18H23N3O3S. The van der Waals surface area contributed by atoms with E-state index in [0.29, 0.717) is 23.9 Å². The molecule has 1 aromatic heterocycles. The fourth-order valence-corrected chi connectivity index (χ4v) is 4.51. The summed E-state index contributed by atoms with van der Waals surface area (Å²) in [5.41, 5.74) is 1.16. The summed E-state index contributed by atoms with van der Waals surface area (Å²) < 4.78 is 33.1. The van der Waals surface area contributed by atoms with Crippen LogP contribution in [0.2, 0.25) is 0 Å². The Kier molecular flexibility index (Phi) is 5.65. The highest BCUT2D eigenvalue weighted by atomic mass is 32.2. The number of sulfonamides is 1. The number of hydrogen-bond donors (Lipinski definition) is 0. The van der Waals surface area contributed by atoms with E-state index < -0.39 is 10.0 Å². The first kappa shape index (κ1) is 17.8. The molecule has 0 aliphatic carbocycles. The van der Waals surface area contributed by atoms with E-state index in [1.165, 1.54) is 4.31 Å². The molecular weight excluding hydrogens is 338 g/mol. The lowest BCUT2D eigenvalue weighted by Gasteiger charge is -2.31. The van der Waals surface area contributed by atoms with Crippen molar-refractivity contribution in [3.63, 3.8) is 0 Å². The maximum Gasteiger partial charge on any atom is 0.243 e. The van der Waals surface area contributed by atoms with Gasteiger partial charge in [-0.05, 0) is 37.0 Å². The number of aryl methyl sites for hydroxylation is 1. The summed E-state index contributed by atoms with van der Waals surface area (Å²) in [6.07, 6.45) is 8.03. The third-order valence-corrected chi connectivity index (χ3v) is 6.15. The second-order valence-electron chi connectivity index (χ2n) is 6.18. The SMILES string of the molecule is CCCc1ccc(S(=O)(=O)N2CCCC(Oc3cnccn3)C2)cc1. The van der Waals surface area contributed by atoms with E-state index >= 15 is 0 Å². The van der Waals surface area contributed by atoms with Crippen molar-refractivity contribution in [2.75, 3.05) is 13.1 Å². The Hall–Kier alpha value is -1.99. The van der Waals surface area contributed by atoms with E-state index in [2.05, 4.69) is 16.9 Å². The average Bonchev–Trinajstić information content (AvgIpc) is 2.64. The van der Waals surface area contributed by atoms with Crippen molar-refractivity contribution >= 4 is 10.0 Å². The van der Waals surface area contributed by atoms with E-state index in [1.807, 2.05) is 12.1 Å². The Balaban J connectivity index is 1.71. The van der Waals surface area contributed by atoms with Gasteiger partial charge in [-0.1, -0.05) is 25.5 Å². The van der Waals surface area contributed by atoms with Gasteiger partial charge in [-0.3, -0.25) is 4.98 Å². The molecule has 0 N–H and O–H groups in total. The molecule has 2 heterocycles. The summed E-state index contributed by atoms with van der Waals surface area (Å²) in [6, 6.07) is 7.20. The van der Waals surface area contributed by atoms with Crippen LogP contribution in [-0.2, 0) is 16.4 Å². The Labute approximate surface area is 148 Å². The zero-order valence-corrected chi connectivity index (χ0v) is 15.2. The van der Waals surface area contributed by atoms with Crippen molar-refractivity contribution in [3.8, 4) is 5.88 Å².